The monoisotopic (exact) mass is 236 g/mol. The molecule has 0 aliphatic rings. The highest BCUT2D eigenvalue weighted by Gasteiger charge is 2.04. The largest absolute Gasteiger partial charge is 0.399 e. The Morgan fingerprint density at radius 1 is 1.06 bits per heavy atom. The molecule has 0 saturated heterocycles. The summed E-state index contributed by atoms with van der Waals surface area (Å²) in [4.78, 5) is 14.1. The number of aromatic nitrogens is 1. The van der Waals surface area contributed by atoms with Crippen molar-refractivity contribution >= 4 is 22.9 Å². The van der Waals surface area contributed by atoms with Gasteiger partial charge in [0.25, 0.3) is 0 Å². The third kappa shape index (κ3) is 1.76. The molecule has 1 aromatic heterocycles. The number of hydrogen-bond donors (Lipinski definition) is 2. The minimum atomic E-state index is 0.681. The summed E-state index contributed by atoms with van der Waals surface area (Å²) < 4.78 is 0. The molecule has 1 heterocycles. The van der Waals surface area contributed by atoms with Crippen LogP contribution in [-0.4, -0.2) is 11.3 Å². The van der Waals surface area contributed by atoms with E-state index >= 15 is 0 Å². The van der Waals surface area contributed by atoms with Crippen LogP contribution in [0.5, 0.6) is 0 Å². The fourth-order valence-electron chi connectivity index (χ4n) is 2.09. The van der Waals surface area contributed by atoms with E-state index in [0.717, 1.165) is 34.1 Å². The first-order valence-corrected chi connectivity index (χ1v) is 5.70. The number of anilines is 1. The third-order valence-corrected chi connectivity index (χ3v) is 2.98. The summed E-state index contributed by atoms with van der Waals surface area (Å²) >= 11 is 0. The first-order chi connectivity index (χ1) is 8.76. The van der Waals surface area contributed by atoms with Gasteiger partial charge in [-0.15, -0.1) is 0 Å². The number of aromatic amines is 1. The van der Waals surface area contributed by atoms with Crippen LogP contribution >= 0.6 is 0 Å². The number of benzene rings is 2. The van der Waals surface area contributed by atoms with Crippen LogP contribution in [0.2, 0.25) is 0 Å². The van der Waals surface area contributed by atoms with Crippen molar-refractivity contribution in [1.82, 2.24) is 4.98 Å². The van der Waals surface area contributed by atoms with Crippen LogP contribution in [0.3, 0.4) is 0 Å². The van der Waals surface area contributed by atoms with Crippen molar-refractivity contribution in [3.8, 4) is 11.3 Å². The predicted molar refractivity (Wildman–Crippen MR) is 73.5 cm³/mol. The highest BCUT2D eigenvalue weighted by atomic mass is 16.1. The average molecular weight is 236 g/mol. The van der Waals surface area contributed by atoms with Gasteiger partial charge >= 0.3 is 0 Å². The molecule has 0 aliphatic carbocycles. The standard InChI is InChI=1S/C15H12N2O/c16-13-3-1-2-11(7-13)15-8-12-6-10(9-18)4-5-14(12)17-15/h1-9,17H,16H2. The SMILES string of the molecule is Nc1cccc(-c2cc3cc(C=O)ccc3[nH]2)c1. The van der Waals surface area contributed by atoms with E-state index in [2.05, 4.69) is 4.98 Å². The van der Waals surface area contributed by atoms with Gasteiger partial charge in [0.15, 0.2) is 0 Å². The molecular formula is C15H12N2O. The lowest BCUT2D eigenvalue weighted by molar-refractivity contribution is 0.112. The minimum Gasteiger partial charge on any atom is -0.399 e. The molecule has 3 rings (SSSR count). The maximum Gasteiger partial charge on any atom is 0.150 e. The molecule has 3 nitrogen and oxygen atoms in total. The summed E-state index contributed by atoms with van der Waals surface area (Å²) in [6.45, 7) is 0. The molecule has 0 atom stereocenters. The van der Waals surface area contributed by atoms with Gasteiger partial charge in [-0.2, -0.15) is 0 Å². The average Bonchev–Trinajstić information content (AvgIpc) is 2.81. The number of hydrogen-bond acceptors (Lipinski definition) is 2. The molecule has 88 valence electrons. The Labute approximate surface area is 104 Å². The molecule has 2 aromatic carbocycles. The second-order valence-electron chi connectivity index (χ2n) is 4.27. The van der Waals surface area contributed by atoms with E-state index in [1.54, 1.807) is 6.07 Å². The van der Waals surface area contributed by atoms with Crippen molar-refractivity contribution in [2.75, 3.05) is 5.73 Å². The molecule has 0 fully saturated rings. The number of nitrogen functional groups attached to an aromatic ring is 1. The molecule has 0 radical (unpaired) electrons. The van der Waals surface area contributed by atoms with Crippen molar-refractivity contribution in [3.63, 3.8) is 0 Å². The normalized spacial score (nSPS) is 10.7. The molecule has 0 bridgehead atoms. The molecule has 0 amide bonds. The second kappa shape index (κ2) is 4.04. The van der Waals surface area contributed by atoms with Gasteiger partial charge < -0.3 is 10.7 Å². The van der Waals surface area contributed by atoms with Gasteiger partial charge in [0, 0.05) is 27.8 Å². The predicted octanol–water partition coefficient (Wildman–Crippen LogP) is 3.23. The van der Waals surface area contributed by atoms with Crippen LogP contribution in [0.1, 0.15) is 10.4 Å². The molecular weight excluding hydrogens is 224 g/mol. The lowest BCUT2D eigenvalue weighted by Gasteiger charge is -1.98. The molecule has 0 spiro atoms. The van der Waals surface area contributed by atoms with Crippen LogP contribution < -0.4 is 5.73 Å². The Hall–Kier alpha value is -2.55. The molecule has 0 saturated carbocycles. The Morgan fingerprint density at radius 2 is 1.94 bits per heavy atom. The lowest BCUT2D eigenvalue weighted by Crippen LogP contribution is -1.84. The summed E-state index contributed by atoms with van der Waals surface area (Å²) in [5.74, 6) is 0. The molecule has 3 N–H and O–H groups in total. The summed E-state index contributed by atoms with van der Waals surface area (Å²) in [5, 5.41) is 1.03. The van der Waals surface area contributed by atoms with Crippen LogP contribution in [0.4, 0.5) is 5.69 Å². The van der Waals surface area contributed by atoms with Crippen LogP contribution in [0.15, 0.2) is 48.5 Å². The fourth-order valence-corrected chi connectivity index (χ4v) is 2.09. The number of nitrogens with two attached hydrogens (primary N) is 1. The van der Waals surface area contributed by atoms with E-state index in [4.69, 9.17) is 5.73 Å². The number of aldehydes is 1. The van der Waals surface area contributed by atoms with Gasteiger partial charge in [0.1, 0.15) is 6.29 Å². The van der Waals surface area contributed by atoms with Gasteiger partial charge in [-0.3, -0.25) is 4.79 Å². The summed E-state index contributed by atoms with van der Waals surface area (Å²) in [5.41, 5.74) is 10.2. The third-order valence-electron chi connectivity index (χ3n) is 2.98. The van der Waals surface area contributed by atoms with Crippen LogP contribution in [-0.2, 0) is 0 Å². The highest BCUT2D eigenvalue weighted by molar-refractivity contribution is 5.90. The fraction of sp³-hybridized carbons (Fsp3) is 0. The van der Waals surface area contributed by atoms with Crippen molar-refractivity contribution < 1.29 is 4.79 Å². The van der Waals surface area contributed by atoms with Gasteiger partial charge in [0.2, 0.25) is 0 Å². The maximum atomic E-state index is 10.7. The van der Waals surface area contributed by atoms with Crippen LogP contribution in [0.25, 0.3) is 22.2 Å². The minimum absolute atomic E-state index is 0.681. The Kier molecular flexibility index (Phi) is 2.38. The number of carbonyl (C=O) groups is 1. The highest BCUT2D eigenvalue weighted by Crippen LogP contribution is 2.25. The number of nitrogens with one attached hydrogen (secondary N) is 1. The van der Waals surface area contributed by atoms with Crippen molar-refractivity contribution in [1.29, 1.82) is 0 Å². The number of rotatable bonds is 2. The zero-order valence-electron chi connectivity index (χ0n) is 9.68. The number of H-pyrrole nitrogens is 1. The van der Waals surface area contributed by atoms with Gasteiger partial charge in [0.05, 0.1) is 0 Å². The molecule has 18 heavy (non-hydrogen) atoms. The number of fused-ring (bicyclic) bond motifs is 1. The summed E-state index contributed by atoms with van der Waals surface area (Å²) in [7, 11) is 0. The molecule has 0 unspecified atom stereocenters. The summed E-state index contributed by atoms with van der Waals surface area (Å²) in [6, 6.07) is 15.3. The lowest BCUT2D eigenvalue weighted by atomic mass is 10.1. The zero-order chi connectivity index (χ0) is 12.5. The van der Waals surface area contributed by atoms with E-state index in [1.807, 2.05) is 42.5 Å². The Bertz CT molecular complexity index is 728. The van der Waals surface area contributed by atoms with E-state index in [1.165, 1.54) is 0 Å². The molecule has 3 heteroatoms. The smallest absolute Gasteiger partial charge is 0.150 e. The topological polar surface area (TPSA) is 58.9 Å². The van der Waals surface area contributed by atoms with Crippen molar-refractivity contribution in [2.45, 2.75) is 0 Å². The van der Waals surface area contributed by atoms with Gasteiger partial charge in [-0.05, 0) is 42.0 Å². The second-order valence-corrected chi connectivity index (χ2v) is 4.27. The molecule has 0 aliphatic heterocycles. The molecule has 3 aromatic rings. The first-order valence-electron chi connectivity index (χ1n) is 5.70. The van der Waals surface area contributed by atoms with E-state index in [9.17, 15) is 4.79 Å². The van der Waals surface area contributed by atoms with Crippen molar-refractivity contribution in [3.05, 3.63) is 54.1 Å². The quantitative estimate of drug-likeness (QED) is 0.530. The first kappa shape index (κ1) is 10.6. The zero-order valence-corrected chi connectivity index (χ0v) is 9.68. The Balaban J connectivity index is 2.16. The van der Waals surface area contributed by atoms with Crippen molar-refractivity contribution in [2.24, 2.45) is 0 Å². The van der Waals surface area contributed by atoms with Gasteiger partial charge in [-0.1, -0.05) is 12.1 Å². The van der Waals surface area contributed by atoms with Gasteiger partial charge in [-0.25, -0.2) is 0 Å². The van der Waals surface area contributed by atoms with E-state index < -0.39 is 0 Å². The number of carbonyl (C=O) groups excluding carboxylic acids is 1. The van der Waals surface area contributed by atoms with Crippen LogP contribution in [0, 0.1) is 0 Å². The maximum absolute atomic E-state index is 10.7. The summed E-state index contributed by atoms with van der Waals surface area (Å²) in [6.07, 6.45) is 0.854. The Morgan fingerprint density at radius 3 is 2.72 bits per heavy atom. The van der Waals surface area contributed by atoms with E-state index in [-0.39, 0.29) is 0 Å². The van der Waals surface area contributed by atoms with E-state index in [0.29, 0.717) is 5.56 Å².